The van der Waals surface area contributed by atoms with Gasteiger partial charge in [0.2, 0.25) is 0 Å². The van der Waals surface area contributed by atoms with Crippen LogP contribution in [0.2, 0.25) is 0 Å². The molecule has 1 aromatic heterocycles. The van der Waals surface area contributed by atoms with Gasteiger partial charge in [-0.25, -0.2) is 4.98 Å². The van der Waals surface area contributed by atoms with Gasteiger partial charge in [-0.1, -0.05) is 13.3 Å². The molecule has 1 amide bonds. The molecule has 0 aliphatic rings. The van der Waals surface area contributed by atoms with Crippen LogP contribution in [-0.4, -0.2) is 42.7 Å². The highest BCUT2D eigenvalue weighted by molar-refractivity contribution is 5.94. The van der Waals surface area contributed by atoms with Crippen LogP contribution in [0, 0.1) is 0 Å². The molecule has 1 atom stereocenters. The fraction of sp³-hybridized carbons (Fsp3) is 0.538. The lowest BCUT2D eigenvalue weighted by Gasteiger charge is -2.13. The lowest BCUT2D eigenvalue weighted by Crippen LogP contribution is -2.32. The number of anilines is 1. The molecule has 0 aliphatic heterocycles. The Kier molecular flexibility index (Phi) is 5.58. The van der Waals surface area contributed by atoms with E-state index in [-0.39, 0.29) is 12.5 Å². The number of aliphatic hydroxyl groups is 1. The van der Waals surface area contributed by atoms with E-state index < -0.39 is 6.10 Å². The minimum absolute atomic E-state index is 0.185. The number of nitrogens with one attached hydrogen (secondary N) is 1. The van der Waals surface area contributed by atoms with Crippen LogP contribution >= 0.6 is 0 Å². The summed E-state index contributed by atoms with van der Waals surface area (Å²) in [6.07, 6.45) is 2.72. The highest BCUT2D eigenvalue weighted by Crippen LogP contribution is 2.09. The van der Waals surface area contributed by atoms with E-state index >= 15 is 0 Å². The van der Waals surface area contributed by atoms with Crippen LogP contribution in [0.4, 0.5) is 5.82 Å². The number of hydrogen-bond donors (Lipinski definition) is 2. The van der Waals surface area contributed by atoms with Crippen molar-refractivity contribution in [3.63, 3.8) is 0 Å². The predicted molar refractivity (Wildman–Crippen MR) is 71.8 cm³/mol. The first kappa shape index (κ1) is 14.4. The molecular formula is C13H21N3O2. The van der Waals surface area contributed by atoms with Crippen molar-refractivity contribution in [3.05, 3.63) is 23.9 Å². The number of aliphatic hydroxyl groups excluding tert-OH is 1. The van der Waals surface area contributed by atoms with Gasteiger partial charge in [-0.3, -0.25) is 4.79 Å². The molecule has 0 bridgehead atoms. The largest absolute Gasteiger partial charge is 0.391 e. The second-order valence-electron chi connectivity index (χ2n) is 4.45. The summed E-state index contributed by atoms with van der Waals surface area (Å²) in [6.45, 7) is 2.28. The maximum atomic E-state index is 11.9. The van der Waals surface area contributed by atoms with Crippen molar-refractivity contribution in [3.8, 4) is 0 Å². The van der Waals surface area contributed by atoms with Crippen molar-refractivity contribution in [1.82, 2.24) is 10.3 Å². The zero-order chi connectivity index (χ0) is 13.5. The Hall–Kier alpha value is -1.62. The maximum Gasteiger partial charge on any atom is 0.251 e. The van der Waals surface area contributed by atoms with Crippen LogP contribution in [0.5, 0.6) is 0 Å². The summed E-state index contributed by atoms with van der Waals surface area (Å²) in [4.78, 5) is 17.8. The summed E-state index contributed by atoms with van der Waals surface area (Å²) in [6, 6.07) is 3.38. The van der Waals surface area contributed by atoms with E-state index in [1.807, 2.05) is 25.9 Å². The van der Waals surface area contributed by atoms with Crippen molar-refractivity contribution in [1.29, 1.82) is 0 Å². The van der Waals surface area contributed by atoms with Crippen LogP contribution in [0.3, 0.4) is 0 Å². The molecular weight excluding hydrogens is 230 g/mol. The first-order valence-electron chi connectivity index (χ1n) is 6.14. The SMILES string of the molecule is CCCC(O)CNC(=O)c1ccnc(N(C)C)c1. The molecule has 1 rings (SSSR count). The third-order valence-corrected chi connectivity index (χ3v) is 2.59. The molecule has 0 saturated carbocycles. The lowest BCUT2D eigenvalue weighted by atomic mass is 10.2. The van der Waals surface area contributed by atoms with E-state index in [0.717, 1.165) is 12.2 Å². The predicted octanol–water partition coefficient (Wildman–Crippen LogP) is 1.04. The second kappa shape index (κ2) is 6.96. The highest BCUT2D eigenvalue weighted by Gasteiger charge is 2.09. The molecule has 0 fully saturated rings. The van der Waals surface area contributed by atoms with Gasteiger partial charge in [0.05, 0.1) is 6.10 Å². The molecule has 5 heteroatoms. The third kappa shape index (κ3) is 4.33. The first-order valence-corrected chi connectivity index (χ1v) is 6.14. The number of carbonyl (C=O) groups is 1. The van der Waals surface area contributed by atoms with E-state index in [0.29, 0.717) is 12.0 Å². The topological polar surface area (TPSA) is 65.5 Å². The van der Waals surface area contributed by atoms with Gasteiger partial charge < -0.3 is 15.3 Å². The number of amides is 1. The highest BCUT2D eigenvalue weighted by atomic mass is 16.3. The minimum Gasteiger partial charge on any atom is -0.391 e. The van der Waals surface area contributed by atoms with Gasteiger partial charge in [0.1, 0.15) is 5.82 Å². The van der Waals surface area contributed by atoms with E-state index in [1.165, 1.54) is 0 Å². The smallest absolute Gasteiger partial charge is 0.251 e. The van der Waals surface area contributed by atoms with Crippen molar-refractivity contribution < 1.29 is 9.90 Å². The van der Waals surface area contributed by atoms with Gasteiger partial charge in [0.25, 0.3) is 5.91 Å². The third-order valence-electron chi connectivity index (χ3n) is 2.59. The monoisotopic (exact) mass is 251 g/mol. The Morgan fingerprint density at radius 3 is 2.89 bits per heavy atom. The molecule has 5 nitrogen and oxygen atoms in total. The molecule has 2 N–H and O–H groups in total. The second-order valence-corrected chi connectivity index (χ2v) is 4.45. The van der Waals surface area contributed by atoms with Gasteiger partial charge in [-0.2, -0.15) is 0 Å². The Labute approximate surface area is 108 Å². The van der Waals surface area contributed by atoms with Crippen molar-refractivity contribution >= 4 is 11.7 Å². The molecule has 0 saturated heterocycles. The number of pyridine rings is 1. The fourth-order valence-corrected chi connectivity index (χ4v) is 1.55. The van der Waals surface area contributed by atoms with Gasteiger partial charge >= 0.3 is 0 Å². The number of carbonyl (C=O) groups excluding carboxylic acids is 1. The minimum atomic E-state index is -0.478. The Bertz CT molecular complexity index is 394. The van der Waals surface area contributed by atoms with Crippen molar-refractivity contribution in [2.24, 2.45) is 0 Å². The van der Waals surface area contributed by atoms with Gasteiger partial charge in [-0.05, 0) is 18.6 Å². The van der Waals surface area contributed by atoms with E-state index in [1.54, 1.807) is 18.3 Å². The summed E-state index contributed by atoms with van der Waals surface area (Å²) in [5, 5.41) is 12.3. The maximum absolute atomic E-state index is 11.9. The summed E-state index contributed by atoms with van der Waals surface area (Å²) in [7, 11) is 3.74. The molecule has 0 aliphatic carbocycles. The first-order chi connectivity index (χ1) is 8.54. The fourth-order valence-electron chi connectivity index (χ4n) is 1.55. The van der Waals surface area contributed by atoms with Gasteiger partial charge in [0.15, 0.2) is 0 Å². The summed E-state index contributed by atoms with van der Waals surface area (Å²) in [5.41, 5.74) is 0.553. The van der Waals surface area contributed by atoms with Crippen molar-refractivity contribution in [2.75, 3.05) is 25.5 Å². The summed E-state index contributed by atoms with van der Waals surface area (Å²) >= 11 is 0. The van der Waals surface area contributed by atoms with Crippen LogP contribution < -0.4 is 10.2 Å². The quantitative estimate of drug-likeness (QED) is 0.793. The Morgan fingerprint density at radius 1 is 1.56 bits per heavy atom. The summed E-state index contributed by atoms with van der Waals surface area (Å²) in [5.74, 6) is 0.549. The van der Waals surface area contributed by atoms with E-state index in [4.69, 9.17) is 0 Å². The Morgan fingerprint density at radius 2 is 2.28 bits per heavy atom. The molecule has 1 aromatic rings. The van der Waals surface area contributed by atoms with Gasteiger partial charge in [-0.15, -0.1) is 0 Å². The molecule has 1 unspecified atom stereocenters. The molecule has 1 heterocycles. The van der Waals surface area contributed by atoms with Crippen LogP contribution in [0.25, 0.3) is 0 Å². The standard InChI is InChI=1S/C13H21N3O2/c1-4-5-11(17)9-15-13(18)10-6-7-14-12(8-10)16(2)3/h6-8,11,17H,4-5,9H2,1-3H3,(H,15,18). The van der Waals surface area contributed by atoms with Crippen LogP contribution in [0.15, 0.2) is 18.3 Å². The Balaban J connectivity index is 2.58. The lowest BCUT2D eigenvalue weighted by molar-refractivity contribution is 0.0910. The van der Waals surface area contributed by atoms with E-state index in [9.17, 15) is 9.90 Å². The van der Waals surface area contributed by atoms with Crippen LogP contribution in [-0.2, 0) is 0 Å². The average Bonchev–Trinajstić information content (AvgIpc) is 2.36. The number of aromatic nitrogens is 1. The van der Waals surface area contributed by atoms with Crippen molar-refractivity contribution in [2.45, 2.75) is 25.9 Å². The molecule has 100 valence electrons. The number of hydrogen-bond acceptors (Lipinski definition) is 4. The number of rotatable bonds is 6. The molecule has 0 radical (unpaired) electrons. The normalized spacial score (nSPS) is 12.0. The van der Waals surface area contributed by atoms with Gasteiger partial charge in [0, 0.05) is 32.4 Å². The molecule has 0 aromatic carbocycles. The van der Waals surface area contributed by atoms with Crippen LogP contribution in [0.1, 0.15) is 30.1 Å². The summed E-state index contributed by atoms with van der Waals surface area (Å²) < 4.78 is 0. The molecule has 0 spiro atoms. The van der Waals surface area contributed by atoms with E-state index in [2.05, 4.69) is 10.3 Å². The average molecular weight is 251 g/mol. The number of nitrogens with zero attached hydrogens (tertiary/aromatic N) is 2. The zero-order valence-electron chi connectivity index (χ0n) is 11.2. The molecule has 18 heavy (non-hydrogen) atoms. The zero-order valence-corrected chi connectivity index (χ0v) is 11.2.